The van der Waals surface area contributed by atoms with Crippen LogP contribution in [0.15, 0.2) is 47.3 Å². The second-order valence-corrected chi connectivity index (χ2v) is 6.05. The molecule has 0 aliphatic heterocycles. The van der Waals surface area contributed by atoms with E-state index in [9.17, 15) is 9.59 Å². The van der Waals surface area contributed by atoms with E-state index in [0.29, 0.717) is 11.3 Å². The van der Waals surface area contributed by atoms with Crippen molar-refractivity contribution in [2.75, 3.05) is 0 Å². The number of pyridine rings is 1. The summed E-state index contributed by atoms with van der Waals surface area (Å²) in [6, 6.07) is 13.1. The lowest BCUT2D eigenvalue weighted by Crippen LogP contribution is -2.19. The fraction of sp³-hybridized carbons (Fsp3) is 0.200. The molecule has 3 rings (SSSR count). The zero-order chi connectivity index (χ0) is 17.4. The molecule has 3 aromatic rings. The van der Waals surface area contributed by atoms with Crippen molar-refractivity contribution in [3.63, 3.8) is 0 Å². The number of aryl methyl sites for hydroxylation is 3. The SMILES string of the molecule is CC(=O)Oc1ccc(-c2cc3c(C)cc(C)cc3n(C)c2=O)cc1. The Bertz CT molecular complexity index is 998. The molecule has 0 aliphatic rings. The molecule has 0 amide bonds. The quantitative estimate of drug-likeness (QED) is 0.533. The Kier molecular flexibility index (Phi) is 3.97. The Morgan fingerprint density at radius 2 is 1.71 bits per heavy atom. The average molecular weight is 321 g/mol. The number of aromatic nitrogens is 1. The summed E-state index contributed by atoms with van der Waals surface area (Å²) >= 11 is 0. The van der Waals surface area contributed by atoms with Crippen molar-refractivity contribution in [1.82, 2.24) is 4.57 Å². The standard InChI is InChI=1S/C20H19NO3/c1-12-9-13(2)17-11-18(20(23)21(4)19(17)10-12)15-5-7-16(8-6-15)24-14(3)22/h5-11H,1-4H3. The first-order chi connectivity index (χ1) is 11.4. The summed E-state index contributed by atoms with van der Waals surface area (Å²) in [5.74, 6) is 0.103. The van der Waals surface area contributed by atoms with Crippen LogP contribution >= 0.6 is 0 Å². The summed E-state index contributed by atoms with van der Waals surface area (Å²) in [6.45, 7) is 5.43. The molecular weight excluding hydrogens is 302 g/mol. The lowest BCUT2D eigenvalue weighted by Gasteiger charge is -2.12. The molecule has 1 heterocycles. The highest BCUT2D eigenvalue weighted by Gasteiger charge is 2.11. The van der Waals surface area contributed by atoms with Crippen LogP contribution in [0, 0.1) is 13.8 Å². The van der Waals surface area contributed by atoms with Gasteiger partial charge in [-0.1, -0.05) is 18.2 Å². The molecule has 0 aliphatic carbocycles. The fourth-order valence-corrected chi connectivity index (χ4v) is 2.99. The molecule has 0 spiro atoms. The maximum absolute atomic E-state index is 12.7. The van der Waals surface area contributed by atoms with Crippen LogP contribution in [-0.4, -0.2) is 10.5 Å². The van der Waals surface area contributed by atoms with Gasteiger partial charge in [0.15, 0.2) is 0 Å². The highest BCUT2D eigenvalue weighted by Crippen LogP contribution is 2.25. The highest BCUT2D eigenvalue weighted by atomic mass is 16.5. The van der Waals surface area contributed by atoms with Gasteiger partial charge in [-0.3, -0.25) is 9.59 Å². The molecule has 0 unspecified atom stereocenters. The van der Waals surface area contributed by atoms with Crippen molar-refractivity contribution < 1.29 is 9.53 Å². The van der Waals surface area contributed by atoms with Crippen molar-refractivity contribution in [3.05, 3.63) is 63.9 Å². The largest absolute Gasteiger partial charge is 0.427 e. The number of fused-ring (bicyclic) bond motifs is 1. The monoisotopic (exact) mass is 321 g/mol. The van der Waals surface area contributed by atoms with E-state index in [1.807, 2.05) is 26.0 Å². The average Bonchev–Trinajstić information content (AvgIpc) is 2.52. The van der Waals surface area contributed by atoms with Crippen LogP contribution in [0.4, 0.5) is 0 Å². The summed E-state index contributed by atoms with van der Waals surface area (Å²) in [5.41, 5.74) is 4.58. The first kappa shape index (κ1) is 16.0. The third-order valence-electron chi connectivity index (χ3n) is 4.12. The van der Waals surface area contributed by atoms with Gasteiger partial charge in [0.1, 0.15) is 5.75 Å². The van der Waals surface area contributed by atoms with Crippen LogP contribution in [0.2, 0.25) is 0 Å². The van der Waals surface area contributed by atoms with Crippen molar-refractivity contribution in [1.29, 1.82) is 0 Å². The van der Waals surface area contributed by atoms with Crippen LogP contribution in [0.5, 0.6) is 5.75 Å². The number of nitrogens with zero attached hydrogens (tertiary/aromatic N) is 1. The molecule has 1 aromatic heterocycles. The Morgan fingerprint density at radius 1 is 1.04 bits per heavy atom. The number of rotatable bonds is 2. The zero-order valence-electron chi connectivity index (χ0n) is 14.2. The third-order valence-corrected chi connectivity index (χ3v) is 4.12. The third kappa shape index (κ3) is 2.83. The van der Waals surface area contributed by atoms with E-state index < -0.39 is 0 Å². The zero-order valence-corrected chi connectivity index (χ0v) is 14.2. The Morgan fingerprint density at radius 3 is 2.33 bits per heavy atom. The normalized spacial score (nSPS) is 10.8. The van der Waals surface area contributed by atoms with Gasteiger partial charge in [0, 0.05) is 24.9 Å². The smallest absolute Gasteiger partial charge is 0.308 e. The molecule has 0 saturated carbocycles. The maximum Gasteiger partial charge on any atom is 0.308 e. The number of ether oxygens (including phenoxy) is 1. The number of carbonyl (C=O) groups excluding carboxylic acids is 1. The van der Waals surface area contributed by atoms with Gasteiger partial charge in [0.2, 0.25) is 0 Å². The van der Waals surface area contributed by atoms with Crippen molar-refractivity contribution >= 4 is 16.9 Å². The molecule has 0 radical (unpaired) electrons. The predicted octanol–water partition coefficient (Wildman–Crippen LogP) is 3.75. The Balaban J connectivity index is 2.18. The molecule has 0 saturated heterocycles. The molecule has 2 aromatic carbocycles. The Hall–Kier alpha value is -2.88. The molecule has 4 heteroatoms. The number of carbonyl (C=O) groups is 1. The maximum atomic E-state index is 12.7. The summed E-state index contributed by atoms with van der Waals surface area (Å²) < 4.78 is 6.72. The van der Waals surface area contributed by atoms with E-state index in [0.717, 1.165) is 27.6 Å². The topological polar surface area (TPSA) is 48.3 Å². The van der Waals surface area contributed by atoms with E-state index >= 15 is 0 Å². The van der Waals surface area contributed by atoms with Gasteiger partial charge in [-0.2, -0.15) is 0 Å². The summed E-state index contributed by atoms with van der Waals surface area (Å²) in [5, 5.41) is 1.06. The molecule has 0 atom stereocenters. The van der Waals surface area contributed by atoms with Crippen LogP contribution < -0.4 is 10.3 Å². The van der Waals surface area contributed by atoms with E-state index in [4.69, 9.17) is 4.74 Å². The predicted molar refractivity (Wildman–Crippen MR) is 95.4 cm³/mol. The number of benzene rings is 2. The summed E-state index contributed by atoms with van der Waals surface area (Å²) in [4.78, 5) is 23.7. The molecule has 24 heavy (non-hydrogen) atoms. The van der Waals surface area contributed by atoms with Gasteiger partial charge < -0.3 is 9.30 Å². The van der Waals surface area contributed by atoms with Gasteiger partial charge in [0.05, 0.1) is 5.52 Å². The van der Waals surface area contributed by atoms with E-state index in [-0.39, 0.29) is 11.5 Å². The van der Waals surface area contributed by atoms with Crippen LogP contribution in [0.1, 0.15) is 18.1 Å². The minimum Gasteiger partial charge on any atom is -0.427 e. The molecule has 122 valence electrons. The number of hydrogen-bond acceptors (Lipinski definition) is 3. The first-order valence-corrected chi connectivity index (χ1v) is 7.76. The highest BCUT2D eigenvalue weighted by molar-refractivity contribution is 5.87. The molecular formula is C20H19NO3. The molecule has 0 N–H and O–H groups in total. The fourth-order valence-electron chi connectivity index (χ4n) is 2.99. The molecule has 0 bridgehead atoms. The van der Waals surface area contributed by atoms with Crippen molar-refractivity contribution in [2.45, 2.75) is 20.8 Å². The van der Waals surface area contributed by atoms with Gasteiger partial charge in [0.25, 0.3) is 5.56 Å². The molecule has 4 nitrogen and oxygen atoms in total. The lowest BCUT2D eigenvalue weighted by atomic mass is 10.0. The van der Waals surface area contributed by atoms with Crippen molar-refractivity contribution in [2.24, 2.45) is 7.05 Å². The minimum atomic E-state index is -0.365. The number of hydrogen-bond donors (Lipinski definition) is 0. The van der Waals surface area contributed by atoms with Crippen LogP contribution in [0.25, 0.3) is 22.0 Å². The van der Waals surface area contributed by atoms with Gasteiger partial charge in [-0.15, -0.1) is 0 Å². The van der Waals surface area contributed by atoms with Gasteiger partial charge >= 0.3 is 5.97 Å². The van der Waals surface area contributed by atoms with Gasteiger partial charge in [-0.25, -0.2) is 0 Å². The van der Waals surface area contributed by atoms with E-state index in [1.165, 1.54) is 6.92 Å². The molecule has 0 fully saturated rings. The van der Waals surface area contributed by atoms with Crippen molar-refractivity contribution in [3.8, 4) is 16.9 Å². The summed E-state index contributed by atoms with van der Waals surface area (Å²) in [7, 11) is 1.79. The Labute approximate surface area is 140 Å². The van der Waals surface area contributed by atoms with E-state index in [2.05, 4.69) is 6.07 Å². The summed E-state index contributed by atoms with van der Waals surface area (Å²) in [6.07, 6.45) is 0. The minimum absolute atomic E-state index is 0.0484. The first-order valence-electron chi connectivity index (χ1n) is 7.76. The van der Waals surface area contributed by atoms with E-state index in [1.54, 1.807) is 35.9 Å². The van der Waals surface area contributed by atoms with Crippen LogP contribution in [-0.2, 0) is 11.8 Å². The van der Waals surface area contributed by atoms with Gasteiger partial charge in [-0.05, 0) is 54.8 Å². The second-order valence-electron chi connectivity index (χ2n) is 6.05. The second kappa shape index (κ2) is 5.96. The number of esters is 1. The lowest BCUT2D eigenvalue weighted by molar-refractivity contribution is -0.131. The van der Waals surface area contributed by atoms with Crippen LogP contribution in [0.3, 0.4) is 0 Å².